The van der Waals surface area contributed by atoms with Crippen molar-refractivity contribution >= 4 is 10.0 Å². The van der Waals surface area contributed by atoms with E-state index in [1.54, 1.807) is 12.3 Å². The van der Waals surface area contributed by atoms with Gasteiger partial charge in [0.25, 0.3) is 0 Å². The van der Waals surface area contributed by atoms with Crippen LogP contribution >= 0.6 is 0 Å². The van der Waals surface area contributed by atoms with Crippen LogP contribution in [0.15, 0.2) is 42.6 Å². The average Bonchev–Trinajstić information content (AvgIpc) is 2.44. The van der Waals surface area contributed by atoms with Gasteiger partial charge in [0.1, 0.15) is 17.7 Å². The second-order valence-corrected chi connectivity index (χ2v) is 7.54. The lowest BCUT2D eigenvalue weighted by Gasteiger charge is -2.37. The first-order chi connectivity index (χ1) is 10.9. The molecule has 0 N–H and O–H groups in total. The molecular weight excluding hydrogens is 319 g/mol. The van der Waals surface area contributed by atoms with Crippen molar-refractivity contribution in [3.05, 3.63) is 59.7 Å². The van der Waals surface area contributed by atoms with Crippen molar-refractivity contribution in [1.29, 1.82) is 0 Å². The van der Waals surface area contributed by atoms with Crippen molar-refractivity contribution in [2.24, 2.45) is 0 Å². The first-order valence-corrected chi connectivity index (χ1v) is 8.85. The standard InChI is InChI=1S/C16H17FN2O3S/c1-12-8-15(6-7-18-12)22-16-9-19(10-16)23(20,21)11-13-2-4-14(17)5-3-13/h2-8,16H,9-11H2,1H3. The van der Waals surface area contributed by atoms with Crippen LogP contribution in [0, 0.1) is 12.7 Å². The number of halogens is 1. The Morgan fingerprint density at radius 3 is 2.61 bits per heavy atom. The maximum absolute atomic E-state index is 12.9. The Balaban J connectivity index is 1.56. The van der Waals surface area contributed by atoms with Crippen LogP contribution in [0.2, 0.25) is 0 Å². The zero-order valence-electron chi connectivity index (χ0n) is 12.6. The molecule has 1 fully saturated rings. The maximum Gasteiger partial charge on any atom is 0.218 e. The van der Waals surface area contributed by atoms with Crippen molar-refractivity contribution < 1.29 is 17.5 Å². The molecule has 2 heterocycles. The van der Waals surface area contributed by atoms with Crippen molar-refractivity contribution in [2.75, 3.05) is 13.1 Å². The minimum absolute atomic E-state index is 0.131. The van der Waals surface area contributed by atoms with Crippen LogP contribution < -0.4 is 4.74 Å². The Labute approximate surface area is 134 Å². The third-order valence-corrected chi connectivity index (χ3v) is 5.42. The SMILES string of the molecule is Cc1cc(OC2CN(S(=O)(=O)Cc3ccc(F)cc3)C2)ccn1. The summed E-state index contributed by atoms with van der Waals surface area (Å²) >= 11 is 0. The van der Waals surface area contributed by atoms with E-state index >= 15 is 0 Å². The summed E-state index contributed by atoms with van der Waals surface area (Å²) in [7, 11) is -3.40. The molecule has 0 spiro atoms. The molecule has 0 amide bonds. The van der Waals surface area contributed by atoms with Crippen molar-refractivity contribution in [3.8, 4) is 5.75 Å². The van der Waals surface area contributed by atoms with Crippen molar-refractivity contribution in [2.45, 2.75) is 18.8 Å². The third kappa shape index (κ3) is 3.86. The van der Waals surface area contributed by atoms with Gasteiger partial charge in [-0.15, -0.1) is 0 Å². The van der Waals surface area contributed by atoms with E-state index in [2.05, 4.69) is 4.98 Å². The topological polar surface area (TPSA) is 59.5 Å². The smallest absolute Gasteiger partial charge is 0.218 e. The number of pyridine rings is 1. The van der Waals surface area contributed by atoms with Crippen LogP contribution in [0.5, 0.6) is 5.75 Å². The Morgan fingerprint density at radius 1 is 1.26 bits per heavy atom. The van der Waals surface area contributed by atoms with Gasteiger partial charge in [0.15, 0.2) is 0 Å². The fraction of sp³-hybridized carbons (Fsp3) is 0.312. The van der Waals surface area contributed by atoms with Crippen LogP contribution in [-0.2, 0) is 15.8 Å². The molecule has 5 nitrogen and oxygen atoms in total. The average molecular weight is 336 g/mol. The van der Waals surface area contributed by atoms with Gasteiger partial charge in [0.2, 0.25) is 10.0 Å². The van der Waals surface area contributed by atoms with Gasteiger partial charge in [0, 0.05) is 18.0 Å². The van der Waals surface area contributed by atoms with E-state index in [0.717, 1.165) is 5.69 Å². The molecule has 1 aliphatic heterocycles. The number of sulfonamides is 1. The molecule has 0 bridgehead atoms. The van der Waals surface area contributed by atoms with E-state index in [1.807, 2.05) is 13.0 Å². The number of nitrogens with zero attached hydrogens (tertiary/aromatic N) is 2. The highest BCUT2D eigenvalue weighted by atomic mass is 32.2. The molecular formula is C16H17FN2O3S. The molecule has 122 valence electrons. The largest absolute Gasteiger partial charge is 0.488 e. The Morgan fingerprint density at radius 2 is 1.96 bits per heavy atom. The number of aryl methyl sites for hydroxylation is 1. The predicted molar refractivity (Wildman–Crippen MR) is 84.0 cm³/mol. The minimum atomic E-state index is -3.40. The number of hydrogen-bond donors (Lipinski definition) is 0. The second kappa shape index (κ2) is 6.25. The molecule has 1 aliphatic rings. The minimum Gasteiger partial charge on any atom is -0.488 e. The fourth-order valence-electron chi connectivity index (χ4n) is 2.37. The quantitative estimate of drug-likeness (QED) is 0.839. The Kier molecular flexibility index (Phi) is 4.32. The first kappa shape index (κ1) is 15.9. The summed E-state index contributed by atoms with van der Waals surface area (Å²) in [6, 6.07) is 9.07. The highest BCUT2D eigenvalue weighted by Crippen LogP contribution is 2.22. The van der Waals surface area contributed by atoms with Crippen LogP contribution in [0.1, 0.15) is 11.3 Å². The number of hydrogen-bond acceptors (Lipinski definition) is 4. The van der Waals surface area contributed by atoms with Gasteiger partial charge in [0.05, 0.1) is 18.8 Å². The van der Waals surface area contributed by atoms with Gasteiger partial charge in [-0.2, -0.15) is 4.31 Å². The normalized spacial score (nSPS) is 16.1. The van der Waals surface area contributed by atoms with Crippen LogP contribution in [0.25, 0.3) is 0 Å². The molecule has 1 aromatic heterocycles. The number of rotatable bonds is 5. The zero-order valence-corrected chi connectivity index (χ0v) is 13.5. The summed E-state index contributed by atoms with van der Waals surface area (Å²) < 4.78 is 44.5. The van der Waals surface area contributed by atoms with Crippen LogP contribution in [0.4, 0.5) is 4.39 Å². The summed E-state index contributed by atoms with van der Waals surface area (Å²) in [5.74, 6) is 0.184. The zero-order chi connectivity index (χ0) is 16.4. The van der Waals surface area contributed by atoms with Gasteiger partial charge in [-0.25, -0.2) is 12.8 Å². The molecule has 0 unspecified atom stereocenters. The molecule has 3 rings (SSSR count). The summed E-state index contributed by atoms with van der Waals surface area (Å²) in [6.45, 7) is 2.52. The van der Waals surface area contributed by atoms with E-state index < -0.39 is 10.0 Å². The van der Waals surface area contributed by atoms with E-state index in [0.29, 0.717) is 24.4 Å². The third-order valence-electron chi connectivity index (χ3n) is 3.64. The van der Waals surface area contributed by atoms with E-state index in [4.69, 9.17) is 4.74 Å². The van der Waals surface area contributed by atoms with Crippen LogP contribution in [0.3, 0.4) is 0 Å². The van der Waals surface area contributed by atoms with Gasteiger partial charge in [-0.3, -0.25) is 4.98 Å². The Bertz CT molecular complexity index is 787. The molecule has 0 aliphatic carbocycles. The van der Waals surface area contributed by atoms with E-state index in [-0.39, 0.29) is 17.7 Å². The number of ether oxygens (including phenoxy) is 1. The lowest BCUT2D eigenvalue weighted by molar-refractivity contribution is 0.0759. The molecule has 23 heavy (non-hydrogen) atoms. The number of aromatic nitrogens is 1. The lowest BCUT2D eigenvalue weighted by Crippen LogP contribution is -2.56. The summed E-state index contributed by atoms with van der Waals surface area (Å²) in [6.07, 6.45) is 1.51. The molecule has 0 atom stereocenters. The highest BCUT2D eigenvalue weighted by molar-refractivity contribution is 7.88. The lowest BCUT2D eigenvalue weighted by atomic mass is 10.2. The van der Waals surface area contributed by atoms with Crippen molar-refractivity contribution in [1.82, 2.24) is 9.29 Å². The molecule has 1 saturated heterocycles. The first-order valence-electron chi connectivity index (χ1n) is 7.24. The summed E-state index contributed by atoms with van der Waals surface area (Å²) in [5, 5.41) is 0. The van der Waals surface area contributed by atoms with Crippen molar-refractivity contribution in [3.63, 3.8) is 0 Å². The summed E-state index contributed by atoms with van der Waals surface area (Å²) in [4.78, 5) is 4.09. The molecule has 1 aromatic carbocycles. The molecule has 7 heteroatoms. The molecule has 0 saturated carbocycles. The number of benzene rings is 1. The second-order valence-electron chi connectivity index (χ2n) is 5.57. The van der Waals surface area contributed by atoms with E-state index in [9.17, 15) is 12.8 Å². The summed E-state index contributed by atoms with van der Waals surface area (Å²) in [5.41, 5.74) is 1.42. The highest BCUT2D eigenvalue weighted by Gasteiger charge is 2.37. The maximum atomic E-state index is 12.9. The predicted octanol–water partition coefficient (Wildman–Crippen LogP) is 2.12. The van der Waals surface area contributed by atoms with Gasteiger partial charge >= 0.3 is 0 Å². The van der Waals surface area contributed by atoms with Gasteiger partial charge < -0.3 is 4.74 Å². The molecule has 2 aromatic rings. The van der Waals surface area contributed by atoms with Gasteiger partial charge in [-0.05, 0) is 30.7 Å². The van der Waals surface area contributed by atoms with Crippen LogP contribution in [-0.4, -0.2) is 36.9 Å². The molecule has 0 radical (unpaired) electrons. The fourth-order valence-corrected chi connectivity index (χ4v) is 3.95. The van der Waals surface area contributed by atoms with E-state index in [1.165, 1.54) is 28.6 Å². The Hall–Kier alpha value is -1.99. The van der Waals surface area contributed by atoms with Gasteiger partial charge in [-0.1, -0.05) is 12.1 Å². The monoisotopic (exact) mass is 336 g/mol.